The van der Waals surface area contributed by atoms with Crippen molar-refractivity contribution < 1.29 is 33.2 Å². The fourth-order valence-electron chi connectivity index (χ4n) is 5.75. The lowest BCUT2D eigenvalue weighted by Gasteiger charge is -2.43. The van der Waals surface area contributed by atoms with E-state index < -0.39 is 46.2 Å². The highest BCUT2D eigenvalue weighted by molar-refractivity contribution is 7.10. The average Bonchev–Trinajstić information content (AvgIpc) is 3.52. The molecule has 0 unspecified atom stereocenters. The van der Waals surface area contributed by atoms with Gasteiger partial charge in [-0.15, -0.1) is 11.3 Å². The van der Waals surface area contributed by atoms with Crippen LogP contribution in [-0.2, 0) is 23.9 Å². The predicted molar refractivity (Wildman–Crippen MR) is 156 cm³/mol. The maximum absolute atomic E-state index is 15.5. The number of nitro benzene ring substituents is 1. The molecule has 5 rings (SSSR count). The van der Waals surface area contributed by atoms with Crippen LogP contribution >= 0.6 is 11.3 Å². The molecule has 2 heterocycles. The van der Waals surface area contributed by atoms with Crippen LogP contribution in [0.5, 0.6) is 0 Å². The molecule has 12 heteroatoms. The SMILES string of the molecule is CCOC(=O)C1=C(N)N(c2ccc([N+](=O)[O-])cc2)C2=C(C(=O)[C@H](C(=O)OCC)[C@@H](c3cccs3)C2)[C@H]1c1ccccc1F. The monoisotopic (exact) mass is 605 g/mol. The van der Waals surface area contributed by atoms with Crippen LogP contribution in [0, 0.1) is 21.8 Å². The van der Waals surface area contributed by atoms with Crippen LogP contribution in [0.25, 0.3) is 0 Å². The van der Waals surface area contributed by atoms with Gasteiger partial charge in [-0.3, -0.25) is 24.6 Å². The van der Waals surface area contributed by atoms with Crippen LogP contribution in [0.2, 0.25) is 0 Å². The number of allylic oxidation sites excluding steroid dienone is 2. The molecule has 1 aromatic heterocycles. The maximum atomic E-state index is 15.5. The summed E-state index contributed by atoms with van der Waals surface area (Å²) in [5.41, 5.74) is 7.06. The zero-order valence-corrected chi connectivity index (χ0v) is 24.1. The molecule has 0 fully saturated rings. The molecule has 0 amide bonds. The van der Waals surface area contributed by atoms with Gasteiger partial charge >= 0.3 is 11.9 Å². The highest BCUT2D eigenvalue weighted by Crippen LogP contribution is 2.52. The number of hydrogen-bond donors (Lipinski definition) is 1. The van der Waals surface area contributed by atoms with E-state index in [0.717, 1.165) is 4.88 Å². The second-order valence-corrected chi connectivity index (χ2v) is 10.8. The van der Waals surface area contributed by atoms with E-state index in [4.69, 9.17) is 15.2 Å². The van der Waals surface area contributed by atoms with E-state index in [1.807, 2.05) is 11.4 Å². The summed E-state index contributed by atoms with van der Waals surface area (Å²) >= 11 is 1.37. The number of halogens is 1. The molecule has 3 aromatic rings. The van der Waals surface area contributed by atoms with Gasteiger partial charge in [-0.25, -0.2) is 9.18 Å². The zero-order valence-electron chi connectivity index (χ0n) is 23.3. The highest BCUT2D eigenvalue weighted by atomic mass is 32.1. The summed E-state index contributed by atoms with van der Waals surface area (Å²) in [5, 5.41) is 13.2. The number of ketones is 1. The third-order valence-electron chi connectivity index (χ3n) is 7.52. The minimum absolute atomic E-state index is 0.00608. The normalized spacial score (nSPS) is 20.1. The Morgan fingerprint density at radius 3 is 2.37 bits per heavy atom. The van der Waals surface area contributed by atoms with Gasteiger partial charge in [0.25, 0.3) is 5.69 Å². The first-order chi connectivity index (χ1) is 20.7. The third kappa shape index (κ3) is 5.29. The number of esters is 2. The fraction of sp³-hybridized carbons (Fsp3) is 0.258. The summed E-state index contributed by atoms with van der Waals surface area (Å²) in [7, 11) is 0. The van der Waals surface area contributed by atoms with Gasteiger partial charge in [0.2, 0.25) is 0 Å². The molecular formula is C31H28FN3O7S. The fourth-order valence-corrected chi connectivity index (χ4v) is 6.61. The van der Waals surface area contributed by atoms with Crippen molar-refractivity contribution in [3.63, 3.8) is 0 Å². The lowest BCUT2D eigenvalue weighted by atomic mass is 9.68. The maximum Gasteiger partial charge on any atom is 0.338 e. The van der Waals surface area contributed by atoms with Gasteiger partial charge < -0.3 is 15.2 Å². The third-order valence-corrected chi connectivity index (χ3v) is 8.52. The van der Waals surface area contributed by atoms with Gasteiger partial charge in [-0.2, -0.15) is 0 Å². The molecule has 0 radical (unpaired) electrons. The van der Waals surface area contributed by atoms with Crippen molar-refractivity contribution in [2.75, 3.05) is 18.1 Å². The average molecular weight is 606 g/mol. The molecule has 2 aliphatic rings. The van der Waals surface area contributed by atoms with Crippen molar-refractivity contribution in [3.05, 3.63) is 115 Å². The standard InChI is InChI=1S/C31H28FN3O7S/c1-3-41-30(37)25-20(23-10-7-15-43-23)16-22-26(28(25)36)24(19-8-5-6-9-21(19)32)27(31(38)42-4-2)29(33)34(22)17-11-13-18(14-12-17)35(39)40/h5-15,20,24-25H,3-4,16,33H2,1-2H3/t20-,24-,25-/m1/s1. The van der Waals surface area contributed by atoms with E-state index in [1.165, 1.54) is 58.7 Å². The number of nitro groups is 1. The van der Waals surface area contributed by atoms with E-state index in [-0.39, 0.29) is 47.9 Å². The number of thiophene rings is 1. The number of carbonyl (C=O) groups excluding carboxylic acids is 3. The topological polar surface area (TPSA) is 142 Å². The Hall–Kier alpha value is -4.84. The van der Waals surface area contributed by atoms with Gasteiger partial charge in [-0.1, -0.05) is 24.3 Å². The van der Waals surface area contributed by atoms with Gasteiger partial charge in [0, 0.05) is 45.4 Å². The van der Waals surface area contributed by atoms with Gasteiger partial charge in [0.05, 0.1) is 29.6 Å². The molecular weight excluding hydrogens is 577 g/mol. The molecule has 0 spiro atoms. The molecule has 2 aromatic carbocycles. The van der Waals surface area contributed by atoms with Crippen molar-refractivity contribution in [3.8, 4) is 0 Å². The van der Waals surface area contributed by atoms with E-state index in [9.17, 15) is 24.5 Å². The molecule has 43 heavy (non-hydrogen) atoms. The van der Waals surface area contributed by atoms with Crippen LogP contribution in [0.15, 0.2) is 88.7 Å². The van der Waals surface area contributed by atoms with E-state index in [1.54, 1.807) is 26.0 Å². The van der Waals surface area contributed by atoms with E-state index >= 15 is 4.39 Å². The van der Waals surface area contributed by atoms with E-state index in [0.29, 0.717) is 11.4 Å². The van der Waals surface area contributed by atoms with Crippen molar-refractivity contribution in [1.82, 2.24) is 0 Å². The Labute approximate surface area is 250 Å². The molecule has 0 bridgehead atoms. The number of ether oxygens (including phenoxy) is 2. The quantitative estimate of drug-likeness (QED) is 0.156. The lowest BCUT2D eigenvalue weighted by Crippen LogP contribution is -2.46. The van der Waals surface area contributed by atoms with Crippen LogP contribution in [0.1, 0.15) is 42.5 Å². The second-order valence-electron chi connectivity index (χ2n) is 9.86. The summed E-state index contributed by atoms with van der Waals surface area (Å²) in [6, 6.07) is 14.8. The molecule has 1 aliphatic carbocycles. The number of carbonyl (C=O) groups is 3. The molecule has 222 valence electrons. The van der Waals surface area contributed by atoms with Crippen LogP contribution in [0.4, 0.5) is 15.8 Å². The summed E-state index contributed by atoms with van der Waals surface area (Å²) in [6.07, 6.45) is 0.101. The van der Waals surface area contributed by atoms with Crippen molar-refractivity contribution in [2.24, 2.45) is 11.7 Å². The summed E-state index contributed by atoms with van der Waals surface area (Å²) < 4.78 is 26.2. The van der Waals surface area contributed by atoms with Crippen LogP contribution in [0.3, 0.4) is 0 Å². The lowest BCUT2D eigenvalue weighted by molar-refractivity contribution is -0.384. The van der Waals surface area contributed by atoms with Gasteiger partial charge in [0.15, 0.2) is 5.78 Å². The summed E-state index contributed by atoms with van der Waals surface area (Å²) in [5.74, 6) is -6.24. The van der Waals surface area contributed by atoms with Gasteiger partial charge in [-0.05, 0) is 49.9 Å². The molecule has 2 N–H and O–H groups in total. The first kappa shape index (κ1) is 29.6. The van der Waals surface area contributed by atoms with Gasteiger partial charge in [0.1, 0.15) is 17.6 Å². The van der Waals surface area contributed by atoms with E-state index in [2.05, 4.69) is 0 Å². The number of nitrogens with zero attached hydrogens (tertiary/aromatic N) is 2. The van der Waals surface area contributed by atoms with Crippen molar-refractivity contribution in [1.29, 1.82) is 0 Å². The molecule has 0 saturated heterocycles. The number of nitrogens with two attached hydrogens (primary N) is 1. The Bertz CT molecular complexity index is 1650. The minimum atomic E-state index is -1.29. The molecule has 1 aliphatic heterocycles. The predicted octanol–water partition coefficient (Wildman–Crippen LogP) is 5.32. The Kier molecular flexibility index (Phi) is 8.40. The zero-order chi connectivity index (χ0) is 30.8. The first-order valence-electron chi connectivity index (χ1n) is 13.6. The number of rotatable bonds is 8. The first-order valence-corrected chi connectivity index (χ1v) is 14.5. The Morgan fingerprint density at radius 2 is 1.77 bits per heavy atom. The Balaban J connectivity index is 1.82. The second kappa shape index (κ2) is 12.2. The molecule has 0 saturated carbocycles. The van der Waals surface area contributed by atoms with Crippen LogP contribution < -0.4 is 10.6 Å². The number of benzene rings is 2. The summed E-state index contributed by atoms with van der Waals surface area (Å²) in [4.78, 5) is 54.6. The largest absolute Gasteiger partial charge is 0.465 e. The number of non-ortho nitro benzene ring substituents is 1. The number of anilines is 1. The Morgan fingerprint density at radius 1 is 1.07 bits per heavy atom. The molecule has 3 atom stereocenters. The van der Waals surface area contributed by atoms with Crippen molar-refractivity contribution in [2.45, 2.75) is 32.1 Å². The number of hydrogen-bond acceptors (Lipinski definition) is 10. The van der Waals surface area contributed by atoms with Crippen molar-refractivity contribution >= 4 is 40.4 Å². The van der Waals surface area contributed by atoms with Crippen LogP contribution in [-0.4, -0.2) is 35.9 Å². The smallest absolute Gasteiger partial charge is 0.338 e. The highest BCUT2D eigenvalue weighted by Gasteiger charge is 2.52. The number of Topliss-reactive ketones (excluding diaryl/α,β-unsaturated/α-hetero) is 1. The molecule has 10 nitrogen and oxygen atoms in total. The summed E-state index contributed by atoms with van der Waals surface area (Å²) in [6.45, 7) is 3.25. The minimum Gasteiger partial charge on any atom is -0.465 e.